The minimum Gasteiger partial charge on any atom is -0.334 e. The molecule has 1 N–H and O–H groups in total. The van der Waals surface area contributed by atoms with Crippen LogP contribution in [0.15, 0.2) is 53.1 Å². The number of hydrogen-bond donors (Lipinski definition) is 1. The summed E-state index contributed by atoms with van der Waals surface area (Å²) in [7, 11) is 0. The molecule has 1 aliphatic heterocycles. The van der Waals surface area contributed by atoms with Crippen molar-refractivity contribution in [3.8, 4) is 17.5 Å². The lowest BCUT2D eigenvalue weighted by Crippen LogP contribution is -2.49. The average molecular weight is 456 g/mol. The molecular weight excluding hydrogens is 437 g/mol. The van der Waals surface area contributed by atoms with E-state index in [2.05, 4.69) is 20.4 Å². The lowest BCUT2D eigenvalue weighted by atomic mass is 10.1. The number of piperazine rings is 1. The van der Waals surface area contributed by atoms with Crippen LogP contribution in [0.25, 0.3) is 11.5 Å². The highest BCUT2D eigenvalue weighted by atomic mass is 19.4. The first-order valence-electron chi connectivity index (χ1n) is 10.1. The Hall–Kier alpha value is -3.91. The van der Waals surface area contributed by atoms with E-state index in [1.165, 1.54) is 12.1 Å². The van der Waals surface area contributed by atoms with Crippen LogP contribution in [0.3, 0.4) is 0 Å². The van der Waals surface area contributed by atoms with Crippen LogP contribution in [0.2, 0.25) is 0 Å². The van der Waals surface area contributed by atoms with Crippen molar-refractivity contribution in [3.63, 3.8) is 0 Å². The monoisotopic (exact) mass is 456 g/mol. The first-order valence-corrected chi connectivity index (χ1v) is 10.1. The molecule has 1 aliphatic rings. The van der Waals surface area contributed by atoms with E-state index >= 15 is 0 Å². The molecular formula is C22H19F3N6O2. The predicted octanol–water partition coefficient (Wildman–Crippen LogP) is 3.98. The molecule has 2 aromatic carbocycles. The third kappa shape index (κ3) is 5.48. The number of carbonyl (C=O) groups excluding carboxylic acids is 1. The van der Waals surface area contributed by atoms with E-state index in [-0.39, 0.29) is 11.9 Å². The smallest absolute Gasteiger partial charge is 0.334 e. The second-order valence-electron chi connectivity index (χ2n) is 7.47. The van der Waals surface area contributed by atoms with E-state index in [9.17, 15) is 18.0 Å². The highest BCUT2D eigenvalue weighted by molar-refractivity contribution is 5.89. The number of rotatable bonds is 4. The lowest BCUT2D eigenvalue weighted by molar-refractivity contribution is -0.137. The Bertz CT molecular complexity index is 1140. The minimum atomic E-state index is -4.40. The highest BCUT2D eigenvalue weighted by Crippen LogP contribution is 2.30. The van der Waals surface area contributed by atoms with Gasteiger partial charge in [-0.15, -0.1) is 0 Å². The second kappa shape index (κ2) is 9.30. The van der Waals surface area contributed by atoms with Crippen LogP contribution in [0.5, 0.6) is 0 Å². The second-order valence-corrected chi connectivity index (χ2v) is 7.47. The molecule has 33 heavy (non-hydrogen) atoms. The number of urea groups is 1. The molecule has 1 saturated heterocycles. The third-order valence-corrected chi connectivity index (χ3v) is 5.22. The number of carbonyl (C=O) groups is 1. The van der Waals surface area contributed by atoms with Crippen molar-refractivity contribution >= 4 is 11.7 Å². The number of nitrogens with one attached hydrogen (secondary N) is 1. The zero-order chi connectivity index (χ0) is 23.4. The van der Waals surface area contributed by atoms with Gasteiger partial charge in [-0.05, 0) is 48.5 Å². The third-order valence-electron chi connectivity index (χ3n) is 5.22. The van der Waals surface area contributed by atoms with Gasteiger partial charge in [0.1, 0.15) is 0 Å². The van der Waals surface area contributed by atoms with Crippen LogP contribution >= 0.6 is 0 Å². The Balaban J connectivity index is 1.28. The number of benzene rings is 2. The Morgan fingerprint density at radius 1 is 1.06 bits per heavy atom. The van der Waals surface area contributed by atoms with Gasteiger partial charge in [-0.1, -0.05) is 5.16 Å². The molecule has 4 rings (SSSR count). The van der Waals surface area contributed by atoms with E-state index in [1.807, 2.05) is 6.07 Å². The van der Waals surface area contributed by atoms with E-state index in [0.29, 0.717) is 55.4 Å². The fourth-order valence-electron chi connectivity index (χ4n) is 3.38. The Kier molecular flexibility index (Phi) is 6.28. The molecule has 2 amide bonds. The topological polar surface area (TPSA) is 98.3 Å². The van der Waals surface area contributed by atoms with Gasteiger partial charge in [0.15, 0.2) is 5.82 Å². The molecule has 11 heteroatoms. The summed E-state index contributed by atoms with van der Waals surface area (Å²) < 4.78 is 43.3. The van der Waals surface area contributed by atoms with Crippen LogP contribution in [-0.4, -0.2) is 52.2 Å². The summed E-state index contributed by atoms with van der Waals surface area (Å²) in [6.07, 6.45) is -4.40. The standard InChI is InChI=1S/C22H19F3N6O2/c23-22(24,25)17-5-3-16(4-6-17)20-28-19(29-33-20)14-30-9-11-31(12-10-30)21(32)27-18-7-1-15(13-26)2-8-18/h1-8H,9-12,14H2,(H,27,32). The van der Waals surface area contributed by atoms with Crippen LogP contribution < -0.4 is 5.32 Å². The quantitative estimate of drug-likeness (QED) is 0.638. The van der Waals surface area contributed by atoms with Crippen molar-refractivity contribution in [2.45, 2.75) is 12.7 Å². The molecule has 0 radical (unpaired) electrons. The van der Waals surface area contributed by atoms with Crippen molar-refractivity contribution in [1.29, 1.82) is 5.26 Å². The number of alkyl halides is 3. The Morgan fingerprint density at radius 3 is 2.33 bits per heavy atom. The highest BCUT2D eigenvalue weighted by Gasteiger charge is 2.30. The SMILES string of the molecule is N#Cc1ccc(NC(=O)N2CCN(Cc3noc(-c4ccc(C(F)(F)F)cc4)n3)CC2)cc1. The molecule has 0 spiro atoms. The van der Waals surface area contributed by atoms with Crippen LogP contribution in [0.4, 0.5) is 23.7 Å². The maximum Gasteiger partial charge on any atom is 0.416 e. The molecule has 0 unspecified atom stereocenters. The van der Waals surface area contributed by atoms with Gasteiger partial charge in [0.2, 0.25) is 0 Å². The minimum absolute atomic E-state index is 0.152. The summed E-state index contributed by atoms with van der Waals surface area (Å²) in [6.45, 7) is 2.61. The van der Waals surface area contributed by atoms with Gasteiger partial charge >= 0.3 is 12.2 Å². The summed E-state index contributed by atoms with van der Waals surface area (Å²) in [6, 6.07) is 13.0. The molecule has 0 aliphatic carbocycles. The molecule has 0 atom stereocenters. The molecule has 1 fully saturated rings. The van der Waals surface area contributed by atoms with Gasteiger partial charge in [0, 0.05) is 37.4 Å². The summed E-state index contributed by atoms with van der Waals surface area (Å²) in [5.41, 5.74) is 0.798. The van der Waals surface area contributed by atoms with E-state index in [4.69, 9.17) is 9.78 Å². The number of hydrogen-bond acceptors (Lipinski definition) is 6. The average Bonchev–Trinajstić information content (AvgIpc) is 3.28. The summed E-state index contributed by atoms with van der Waals surface area (Å²) in [5.74, 6) is 0.569. The molecule has 0 bridgehead atoms. The van der Waals surface area contributed by atoms with Gasteiger partial charge in [0.25, 0.3) is 5.89 Å². The largest absolute Gasteiger partial charge is 0.416 e. The van der Waals surface area contributed by atoms with Gasteiger partial charge in [0.05, 0.1) is 23.7 Å². The summed E-state index contributed by atoms with van der Waals surface area (Å²) in [5, 5.41) is 15.6. The normalized spacial score (nSPS) is 14.7. The zero-order valence-electron chi connectivity index (χ0n) is 17.3. The lowest BCUT2D eigenvalue weighted by Gasteiger charge is -2.34. The van der Waals surface area contributed by atoms with Crippen molar-refractivity contribution in [3.05, 3.63) is 65.5 Å². The molecule has 0 saturated carbocycles. The number of aromatic nitrogens is 2. The van der Waals surface area contributed by atoms with E-state index in [0.717, 1.165) is 12.1 Å². The number of anilines is 1. The maximum atomic E-state index is 12.7. The number of halogens is 3. The first kappa shape index (κ1) is 22.3. The summed E-state index contributed by atoms with van der Waals surface area (Å²) in [4.78, 5) is 20.5. The Labute approximate surface area is 187 Å². The number of amides is 2. The fourth-order valence-corrected chi connectivity index (χ4v) is 3.38. The van der Waals surface area contributed by atoms with Crippen molar-refractivity contribution in [2.24, 2.45) is 0 Å². The van der Waals surface area contributed by atoms with Gasteiger partial charge < -0.3 is 14.7 Å². The predicted molar refractivity (Wildman–Crippen MR) is 112 cm³/mol. The van der Waals surface area contributed by atoms with E-state index < -0.39 is 11.7 Å². The van der Waals surface area contributed by atoms with Crippen LogP contribution in [-0.2, 0) is 12.7 Å². The number of nitrogens with zero attached hydrogens (tertiary/aromatic N) is 5. The van der Waals surface area contributed by atoms with E-state index in [1.54, 1.807) is 29.2 Å². The van der Waals surface area contributed by atoms with Gasteiger partial charge in [-0.25, -0.2) is 4.79 Å². The van der Waals surface area contributed by atoms with Crippen LogP contribution in [0.1, 0.15) is 17.0 Å². The number of nitriles is 1. The molecule has 8 nitrogen and oxygen atoms in total. The van der Waals surface area contributed by atoms with Gasteiger partial charge in [-0.3, -0.25) is 4.90 Å². The molecule has 1 aromatic heterocycles. The van der Waals surface area contributed by atoms with Crippen molar-refractivity contribution in [1.82, 2.24) is 19.9 Å². The van der Waals surface area contributed by atoms with Crippen molar-refractivity contribution in [2.75, 3.05) is 31.5 Å². The van der Waals surface area contributed by atoms with Crippen molar-refractivity contribution < 1.29 is 22.5 Å². The Morgan fingerprint density at radius 2 is 1.73 bits per heavy atom. The van der Waals surface area contributed by atoms with Crippen LogP contribution in [0, 0.1) is 11.3 Å². The maximum absolute atomic E-state index is 12.7. The zero-order valence-corrected chi connectivity index (χ0v) is 17.3. The summed E-state index contributed by atoms with van der Waals surface area (Å²) >= 11 is 0. The molecule has 170 valence electrons. The molecule has 3 aromatic rings. The van der Waals surface area contributed by atoms with Gasteiger partial charge in [-0.2, -0.15) is 23.4 Å². The molecule has 2 heterocycles. The fraction of sp³-hybridized carbons (Fsp3) is 0.273. The first-order chi connectivity index (χ1) is 15.8.